The Bertz CT molecular complexity index is 398. The first-order valence-electron chi connectivity index (χ1n) is 5.47. The minimum Gasteiger partial charge on any atom is -0.395 e. The standard InChI is InChI=1S/C10H15F2N3O2S/c1-6(2)8-9(18-14-13-8)10(17)15(3-4-16)5-7(11)12/h6-7,16H,3-5H2,1-2H3. The molecule has 0 spiro atoms. The molecular formula is C10H15F2N3O2S. The zero-order valence-electron chi connectivity index (χ0n) is 10.1. The normalized spacial score (nSPS) is 11.3. The average molecular weight is 279 g/mol. The van der Waals surface area contributed by atoms with Gasteiger partial charge in [-0.15, -0.1) is 5.10 Å². The average Bonchev–Trinajstić information content (AvgIpc) is 2.75. The van der Waals surface area contributed by atoms with Crippen LogP contribution in [-0.4, -0.2) is 51.6 Å². The molecule has 0 bridgehead atoms. The van der Waals surface area contributed by atoms with Crippen molar-refractivity contribution in [1.29, 1.82) is 0 Å². The van der Waals surface area contributed by atoms with E-state index >= 15 is 0 Å². The van der Waals surface area contributed by atoms with Crippen LogP contribution in [0.2, 0.25) is 0 Å². The van der Waals surface area contributed by atoms with Crippen LogP contribution in [0.15, 0.2) is 0 Å². The highest BCUT2D eigenvalue weighted by Gasteiger charge is 2.25. The number of aliphatic hydroxyl groups is 1. The molecule has 1 rings (SSSR count). The van der Waals surface area contributed by atoms with Crippen LogP contribution in [0.4, 0.5) is 8.78 Å². The quantitative estimate of drug-likeness (QED) is 0.854. The van der Waals surface area contributed by atoms with Crippen molar-refractivity contribution in [1.82, 2.24) is 14.5 Å². The summed E-state index contributed by atoms with van der Waals surface area (Å²) >= 11 is 0.888. The highest BCUT2D eigenvalue weighted by molar-refractivity contribution is 7.08. The predicted octanol–water partition coefficient (Wildman–Crippen LogP) is 1.36. The minimum atomic E-state index is -2.64. The van der Waals surface area contributed by atoms with Crippen molar-refractivity contribution in [2.45, 2.75) is 26.2 Å². The van der Waals surface area contributed by atoms with Gasteiger partial charge in [0.15, 0.2) is 0 Å². The second-order valence-electron chi connectivity index (χ2n) is 4.01. The van der Waals surface area contributed by atoms with Crippen molar-refractivity contribution < 1.29 is 18.7 Å². The number of nitrogens with zero attached hydrogens (tertiary/aromatic N) is 3. The van der Waals surface area contributed by atoms with Crippen LogP contribution in [-0.2, 0) is 0 Å². The Balaban J connectivity index is 2.91. The molecule has 0 unspecified atom stereocenters. The van der Waals surface area contributed by atoms with Crippen LogP contribution >= 0.6 is 11.5 Å². The molecule has 102 valence electrons. The van der Waals surface area contributed by atoms with Gasteiger partial charge in [-0.25, -0.2) is 8.78 Å². The summed E-state index contributed by atoms with van der Waals surface area (Å²) in [7, 11) is 0. The lowest BCUT2D eigenvalue weighted by atomic mass is 10.1. The first-order chi connectivity index (χ1) is 8.47. The van der Waals surface area contributed by atoms with Gasteiger partial charge in [0.2, 0.25) is 0 Å². The summed E-state index contributed by atoms with van der Waals surface area (Å²) in [5.74, 6) is -0.562. The summed E-state index contributed by atoms with van der Waals surface area (Å²) in [5.41, 5.74) is 0.502. The lowest BCUT2D eigenvalue weighted by molar-refractivity contribution is 0.0512. The maximum atomic E-state index is 12.4. The number of carbonyl (C=O) groups is 1. The number of halogens is 2. The van der Waals surface area contributed by atoms with Crippen LogP contribution in [0.5, 0.6) is 0 Å². The molecule has 0 aliphatic heterocycles. The number of hydrogen-bond donors (Lipinski definition) is 1. The largest absolute Gasteiger partial charge is 0.395 e. The van der Waals surface area contributed by atoms with Crippen molar-refractivity contribution in [3.63, 3.8) is 0 Å². The Morgan fingerprint density at radius 3 is 2.67 bits per heavy atom. The van der Waals surface area contributed by atoms with Gasteiger partial charge < -0.3 is 10.0 Å². The second-order valence-corrected chi connectivity index (χ2v) is 4.76. The molecule has 0 aromatic carbocycles. The molecular weight excluding hydrogens is 264 g/mol. The molecule has 1 aromatic rings. The molecule has 0 saturated carbocycles. The van der Waals surface area contributed by atoms with E-state index < -0.39 is 18.9 Å². The summed E-state index contributed by atoms with van der Waals surface area (Å²) in [5, 5.41) is 12.6. The lowest BCUT2D eigenvalue weighted by Gasteiger charge is -2.20. The van der Waals surface area contributed by atoms with E-state index in [0.717, 1.165) is 16.4 Å². The van der Waals surface area contributed by atoms with E-state index in [-0.39, 0.29) is 23.9 Å². The Morgan fingerprint density at radius 2 is 2.17 bits per heavy atom. The molecule has 0 atom stereocenters. The molecule has 1 aromatic heterocycles. The summed E-state index contributed by atoms with van der Waals surface area (Å²) in [4.78, 5) is 13.3. The third kappa shape index (κ3) is 3.67. The molecule has 1 amide bonds. The van der Waals surface area contributed by atoms with E-state index in [1.165, 1.54) is 0 Å². The zero-order valence-corrected chi connectivity index (χ0v) is 11.0. The van der Waals surface area contributed by atoms with Gasteiger partial charge in [0.05, 0.1) is 18.8 Å². The van der Waals surface area contributed by atoms with Gasteiger partial charge in [-0.3, -0.25) is 4.79 Å². The van der Waals surface area contributed by atoms with Crippen LogP contribution in [0.25, 0.3) is 0 Å². The molecule has 5 nitrogen and oxygen atoms in total. The van der Waals surface area contributed by atoms with E-state index in [9.17, 15) is 13.6 Å². The van der Waals surface area contributed by atoms with Crippen molar-refractivity contribution >= 4 is 17.4 Å². The molecule has 0 saturated heterocycles. The maximum Gasteiger partial charge on any atom is 0.267 e. The van der Waals surface area contributed by atoms with Gasteiger partial charge >= 0.3 is 0 Å². The van der Waals surface area contributed by atoms with Crippen LogP contribution in [0, 0.1) is 0 Å². The number of aromatic nitrogens is 2. The fourth-order valence-electron chi connectivity index (χ4n) is 1.43. The van der Waals surface area contributed by atoms with Gasteiger partial charge in [-0.05, 0) is 17.5 Å². The Morgan fingerprint density at radius 1 is 1.50 bits per heavy atom. The van der Waals surface area contributed by atoms with E-state index in [1.807, 2.05) is 13.8 Å². The molecule has 0 radical (unpaired) electrons. The van der Waals surface area contributed by atoms with Crippen LogP contribution in [0.1, 0.15) is 35.1 Å². The fourth-order valence-corrected chi connectivity index (χ4v) is 2.22. The zero-order chi connectivity index (χ0) is 13.7. The van der Waals surface area contributed by atoms with Crippen molar-refractivity contribution in [3.8, 4) is 0 Å². The van der Waals surface area contributed by atoms with Gasteiger partial charge in [-0.1, -0.05) is 18.3 Å². The summed E-state index contributed by atoms with van der Waals surface area (Å²) < 4.78 is 28.4. The van der Waals surface area contributed by atoms with Gasteiger partial charge in [0, 0.05) is 6.54 Å². The SMILES string of the molecule is CC(C)c1nnsc1C(=O)N(CCO)CC(F)F. The van der Waals surface area contributed by atoms with E-state index in [4.69, 9.17) is 5.11 Å². The molecule has 0 fully saturated rings. The molecule has 0 aliphatic rings. The summed E-state index contributed by atoms with van der Waals surface area (Å²) in [6.07, 6.45) is -2.64. The number of amides is 1. The number of rotatable bonds is 6. The topological polar surface area (TPSA) is 66.3 Å². The lowest BCUT2D eigenvalue weighted by Crippen LogP contribution is -2.37. The number of aliphatic hydroxyl groups excluding tert-OH is 1. The number of carbonyl (C=O) groups excluding carboxylic acids is 1. The van der Waals surface area contributed by atoms with Crippen LogP contribution < -0.4 is 0 Å². The van der Waals surface area contributed by atoms with Crippen LogP contribution in [0.3, 0.4) is 0 Å². The van der Waals surface area contributed by atoms with Crippen molar-refractivity contribution in [2.75, 3.05) is 19.7 Å². The van der Waals surface area contributed by atoms with Crippen molar-refractivity contribution in [3.05, 3.63) is 10.6 Å². The Kier molecular flexibility index (Phi) is 5.54. The molecule has 1 N–H and O–H groups in total. The number of hydrogen-bond acceptors (Lipinski definition) is 5. The predicted molar refractivity (Wildman–Crippen MR) is 63.0 cm³/mol. The monoisotopic (exact) mass is 279 g/mol. The highest BCUT2D eigenvalue weighted by atomic mass is 32.1. The van der Waals surface area contributed by atoms with Gasteiger partial charge in [-0.2, -0.15) is 0 Å². The van der Waals surface area contributed by atoms with E-state index in [2.05, 4.69) is 9.59 Å². The smallest absolute Gasteiger partial charge is 0.267 e. The fraction of sp³-hybridized carbons (Fsp3) is 0.700. The first-order valence-corrected chi connectivity index (χ1v) is 6.25. The maximum absolute atomic E-state index is 12.4. The summed E-state index contributed by atoms with van der Waals surface area (Å²) in [6, 6.07) is 0. The third-order valence-electron chi connectivity index (χ3n) is 2.27. The number of alkyl halides is 2. The third-order valence-corrected chi connectivity index (χ3v) is 3.00. The highest BCUT2D eigenvalue weighted by Crippen LogP contribution is 2.21. The second kappa shape index (κ2) is 6.69. The van der Waals surface area contributed by atoms with Gasteiger partial charge in [0.25, 0.3) is 12.3 Å². The summed E-state index contributed by atoms with van der Waals surface area (Å²) in [6.45, 7) is 2.50. The first kappa shape index (κ1) is 14.9. The van der Waals surface area contributed by atoms with E-state index in [1.54, 1.807) is 0 Å². The molecule has 18 heavy (non-hydrogen) atoms. The van der Waals surface area contributed by atoms with Crippen molar-refractivity contribution in [2.24, 2.45) is 0 Å². The molecule has 1 heterocycles. The van der Waals surface area contributed by atoms with Gasteiger partial charge in [0.1, 0.15) is 4.88 Å². The molecule has 8 heteroatoms. The van der Waals surface area contributed by atoms with E-state index in [0.29, 0.717) is 5.69 Å². The Hall–Kier alpha value is -1.15. The minimum absolute atomic E-state index is 0.00905. The molecule has 0 aliphatic carbocycles. The Labute approximate surface area is 108 Å².